The van der Waals surface area contributed by atoms with Gasteiger partial charge in [-0.3, -0.25) is 0 Å². The largest absolute Gasteiger partial charge is 0.368 e. The first-order valence-electron chi connectivity index (χ1n) is 9.17. The molecule has 0 saturated carbocycles. The molecule has 0 amide bonds. The zero-order valence-electron chi connectivity index (χ0n) is 14.6. The van der Waals surface area contributed by atoms with Gasteiger partial charge in [0.05, 0.1) is 12.2 Å². The van der Waals surface area contributed by atoms with Crippen LogP contribution < -0.4 is 10.6 Å². The van der Waals surface area contributed by atoms with E-state index >= 15 is 0 Å². The summed E-state index contributed by atoms with van der Waals surface area (Å²) in [6.07, 6.45) is 4.40. The molecule has 0 saturated heterocycles. The summed E-state index contributed by atoms with van der Waals surface area (Å²) in [4.78, 5) is 11.3. The summed E-state index contributed by atoms with van der Waals surface area (Å²) in [5.74, 6) is 3.27. The van der Waals surface area contributed by atoms with Crippen LogP contribution in [0.15, 0.2) is 30.3 Å². The Balaban J connectivity index is 1.49. The quantitative estimate of drug-likeness (QED) is 0.765. The number of benzene rings is 1. The zero-order valence-corrected chi connectivity index (χ0v) is 14.6. The summed E-state index contributed by atoms with van der Waals surface area (Å²) >= 11 is 0. The van der Waals surface area contributed by atoms with Crippen LogP contribution in [0.1, 0.15) is 29.9 Å². The number of hydrogen-bond donors (Lipinski definition) is 1. The normalized spacial score (nSPS) is 16.2. The molecule has 26 heavy (non-hydrogen) atoms. The average Bonchev–Trinajstić information content (AvgIpc) is 3.11. The molecule has 7 heteroatoms. The van der Waals surface area contributed by atoms with Crippen LogP contribution in [0.5, 0.6) is 0 Å². The Kier molecular flexibility index (Phi) is 3.58. The van der Waals surface area contributed by atoms with E-state index in [4.69, 9.17) is 5.73 Å². The minimum absolute atomic E-state index is 0.373. The summed E-state index contributed by atoms with van der Waals surface area (Å²) in [5.41, 5.74) is 9.47. The third kappa shape index (κ3) is 2.51. The number of rotatable bonds is 2. The number of nitrogens with zero attached hydrogens (tertiary/aromatic N) is 6. The number of nitrogen functional groups attached to an aromatic ring is 1. The maximum Gasteiger partial charge on any atom is 0.222 e. The van der Waals surface area contributed by atoms with E-state index in [1.54, 1.807) is 0 Å². The minimum atomic E-state index is 0.373. The maximum atomic E-state index is 5.98. The number of fused-ring (bicyclic) bond motifs is 2. The van der Waals surface area contributed by atoms with Gasteiger partial charge in [0.1, 0.15) is 5.82 Å². The summed E-state index contributed by atoms with van der Waals surface area (Å²) < 4.78 is 2.21. The van der Waals surface area contributed by atoms with Crippen molar-refractivity contribution in [1.29, 1.82) is 0 Å². The van der Waals surface area contributed by atoms with Gasteiger partial charge in [-0.25, -0.2) is 4.98 Å². The molecule has 3 heterocycles. The van der Waals surface area contributed by atoms with Crippen molar-refractivity contribution in [3.63, 3.8) is 0 Å². The Morgan fingerprint density at radius 3 is 2.65 bits per heavy atom. The molecule has 132 valence electrons. The lowest BCUT2D eigenvalue weighted by atomic mass is 9.96. The number of anilines is 2. The molecule has 7 nitrogen and oxygen atoms in total. The third-order valence-corrected chi connectivity index (χ3v) is 5.26. The topological polar surface area (TPSA) is 85.8 Å². The van der Waals surface area contributed by atoms with Crippen molar-refractivity contribution in [2.45, 2.75) is 38.8 Å². The molecular formula is C19H21N7. The summed E-state index contributed by atoms with van der Waals surface area (Å²) in [6, 6.07) is 10.2. The monoisotopic (exact) mass is 347 g/mol. The smallest absolute Gasteiger partial charge is 0.222 e. The average molecular weight is 347 g/mol. The van der Waals surface area contributed by atoms with Gasteiger partial charge in [0.25, 0.3) is 0 Å². The van der Waals surface area contributed by atoms with E-state index in [2.05, 4.69) is 41.8 Å². The lowest BCUT2D eigenvalue weighted by Crippen LogP contribution is -2.36. The van der Waals surface area contributed by atoms with E-state index in [0.717, 1.165) is 54.7 Å². The second-order valence-corrected chi connectivity index (χ2v) is 6.92. The Hall–Kier alpha value is -2.96. The molecule has 0 radical (unpaired) electrons. The highest BCUT2D eigenvalue weighted by atomic mass is 15.4. The van der Waals surface area contributed by atoms with Gasteiger partial charge in [-0.05, 0) is 25.7 Å². The lowest BCUT2D eigenvalue weighted by molar-refractivity contribution is 0.554. The molecule has 3 aromatic rings. The fraction of sp³-hybridized carbons (Fsp3) is 0.368. The first-order chi connectivity index (χ1) is 12.8. The van der Waals surface area contributed by atoms with Crippen molar-refractivity contribution in [1.82, 2.24) is 24.7 Å². The van der Waals surface area contributed by atoms with E-state index in [1.807, 2.05) is 18.2 Å². The SMILES string of the molecule is Nc1nc2c(c(N3CCn4c(nnc4-c4ccccc4)C3)n1)CCCC2. The summed E-state index contributed by atoms with van der Waals surface area (Å²) in [5, 5.41) is 8.87. The number of aromatic nitrogens is 5. The molecule has 0 spiro atoms. The summed E-state index contributed by atoms with van der Waals surface area (Å²) in [7, 11) is 0. The predicted molar refractivity (Wildman–Crippen MR) is 99.6 cm³/mol. The third-order valence-electron chi connectivity index (χ3n) is 5.26. The van der Waals surface area contributed by atoms with Gasteiger partial charge < -0.3 is 15.2 Å². The molecule has 1 aromatic carbocycles. The fourth-order valence-electron chi connectivity index (χ4n) is 3.99. The van der Waals surface area contributed by atoms with Gasteiger partial charge in [0, 0.05) is 24.2 Å². The molecule has 0 atom stereocenters. The van der Waals surface area contributed by atoms with E-state index in [0.29, 0.717) is 12.5 Å². The van der Waals surface area contributed by atoms with Crippen molar-refractivity contribution in [2.75, 3.05) is 17.2 Å². The molecule has 0 fully saturated rings. The second-order valence-electron chi connectivity index (χ2n) is 6.92. The van der Waals surface area contributed by atoms with Crippen LogP contribution in [0.25, 0.3) is 11.4 Å². The first kappa shape index (κ1) is 15.3. The van der Waals surface area contributed by atoms with Crippen LogP contribution in [-0.4, -0.2) is 31.3 Å². The van der Waals surface area contributed by atoms with E-state index < -0.39 is 0 Å². The highest BCUT2D eigenvalue weighted by Crippen LogP contribution is 2.31. The van der Waals surface area contributed by atoms with Gasteiger partial charge in [0.15, 0.2) is 11.6 Å². The van der Waals surface area contributed by atoms with Crippen molar-refractivity contribution in [3.8, 4) is 11.4 Å². The van der Waals surface area contributed by atoms with Crippen molar-refractivity contribution in [3.05, 3.63) is 47.4 Å². The van der Waals surface area contributed by atoms with Crippen LogP contribution in [0.4, 0.5) is 11.8 Å². The highest BCUT2D eigenvalue weighted by Gasteiger charge is 2.26. The molecular weight excluding hydrogens is 326 g/mol. The predicted octanol–water partition coefficient (Wildman–Crippen LogP) is 2.22. The Morgan fingerprint density at radius 1 is 0.923 bits per heavy atom. The van der Waals surface area contributed by atoms with Crippen LogP contribution in [0, 0.1) is 0 Å². The Morgan fingerprint density at radius 2 is 1.77 bits per heavy atom. The zero-order chi connectivity index (χ0) is 17.5. The molecule has 5 rings (SSSR count). The second kappa shape index (κ2) is 6.09. The standard InChI is InChI=1S/C19H21N7/c20-19-21-15-9-5-4-8-14(15)18(22-19)25-10-11-26-16(12-25)23-24-17(26)13-6-2-1-3-7-13/h1-3,6-7H,4-5,8-12H2,(H2,20,21,22). The van der Waals surface area contributed by atoms with Crippen molar-refractivity contribution < 1.29 is 0 Å². The van der Waals surface area contributed by atoms with Crippen LogP contribution in [-0.2, 0) is 25.9 Å². The summed E-state index contributed by atoms with van der Waals surface area (Å²) in [6.45, 7) is 2.40. The number of hydrogen-bond acceptors (Lipinski definition) is 6. The lowest BCUT2D eigenvalue weighted by Gasteiger charge is -2.31. The van der Waals surface area contributed by atoms with Crippen LogP contribution in [0.2, 0.25) is 0 Å². The van der Waals surface area contributed by atoms with Crippen molar-refractivity contribution >= 4 is 11.8 Å². The Bertz CT molecular complexity index is 948. The number of nitrogens with two attached hydrogens (primary N) is 1. The van der Waals surface area contributed by atoms with Gasteiger partial charge in [-0.1, -0.05) is 30.3 Å². The van der Waals surface area contributed by atoms with Gasteiger partial charge in [-0.2, -0.15) is 4.98 Å². The molecule has 0 unspecified atom stereocenters. The van der Waals surface area contributed by atoms with Crippen LogP contribution in [0.3, 0.4) is 0 Å². The first-order valence-corrected chi connectivity index (χ1v) is 9.17. The fourth-order valence-corrected chi connectivity index (χ4v) is 3.99. The molecule has 2 aromatic heterocycles. The molecule has 1 aliphatic carbocycles. The Labute approximate surface area is 151 Å². The van der Waals surface area contributed by atoms with Crippen molar-refractivity contribution in [2.24, 2.45) is 0 Å². The van der Waals surface area contributed by atoms with Gasteiger partial charge in [0.2, 0.25) is 5.95 Å². The highest BCUT2D eigenvalue weighted by molar-refractivity contribution is 5.57. The molecule has 0 bridgehead atoms. The molecule has 1 aliphatic heterocycles. The van der Waals surface area contributed by atoms with Gasteiger partial charge in [-0.15, -0.1) is 10.2 Å². The number of aryl methyl sites for hydroxylation is 1. The van der Waals surface area contributed by atoms with Gasteiger partial charge >= 0.3 is 0 Å². The van der Waals surface area contributed by atoms with E-state index in [1.165, 1.54) is 18.4 Å². The van der Waals surface area contributed by atoms with E-state index in [9.17, 15) is 0 Å². The minimum Gasteiger partial charge on any atom is -0.368 e. The molecule has 2 aliphatic rings. The van der Waals surface area contributed by atoms with E-state index in [-0.39, 0.29) is 0 Å². The maximum absolute atomic E-state index is 5.98. The van der Waals surface area contributed by atoms with Crippen LogP contribution >= 0.6 is 0 Å². The molecule has 2 N–H and O–H groups in total.